The molecule has 5 atom stereocenters. The SMILES string of the molecule is CCCCCCCCCCCCCCCCCCC(=O)OC[C@H](COP(=O)(O)OC[C@@H](O)COP(=O)(O)OC[C@@H](COC(=O)CCCCCCCCC(C)C)OC(=O)CCCCCCCCC(C)C)OC(=O)CCCCCCCCCCCCCCCC(C)C. The lowest BCUT2D eigenvalue weighted by molar-refractivity contribution is -0.161. The maximum Gasteiger partial charge on any atom is 0.472 e. The van der Waals surface area contributed by atoms with Gasteiger partial charge in [0.2, 0.25) is 0 Å². The highest BCUT2D eigenvalue weighted by molar-refractivity contribution is 7.47. The topological polar surface area (TPSA) is 237 Å². The lowest BCUT2D eigenvalue weighted by Crippen LogP contribution is -2.30. The minimum Gasteiger partial charge on any atom is -0.462 e. The van der Waals surface area contributed by atoms with Crippen LogP contribution >= 0.6 is 15.6 Å². The average molecular weight is 1330 g/mol. The third kappa shape index (κ3) is 64.8. The largest absolute Gasteiger partial charge is 0.472 e. The fourth-order valence-electron chi connectivity index (χ4n) is 10.7. The highest BCUT2D eigenvalue weighted by Gasteiger charge is 2.30. The van der Waals surface area contributed by atoms with Crippen molar-refractivity contribution in [2.45, 2.75) is 375 Å². The Balaban J connectivity index is 5.21. The van der Waals surface area contributed by atoms with Crippen molar-refractivity contribution >= 4 is 39.5 Å². The molecule has 0 saturated carbocycles. The summed E-state index contributed by atoms with van der Waals surface area (Å²) in [5, 5.41) is 10.6. The summed E-state index contributed by atoms with van der Waals surface area (Å²) < 4.78 is 68.2. The van der Waals surface area contributed by atoms with E-state index in [-0.39, 0.29) is 25.7 Å². The number of carbonyl (C=O) groups is 4. The molecule has 2 unspecified atom stereocenters. The van der Waals surface area contributed by atoms with Crippen molar-refractivity contribution in [2.24, 2.45) is 17.8 Å². The van der Waals surface area contributed by atoms with E-state index in [2.05, 4.69) is 48.5 Å². The standard InChI is InChI=1S/C71H138O17P2/c1-8-9-10-11-12-13-14-15-16-17-20-23-26-29-38-45-52-68(73)81-58-66(87-70(75)54-47-40-30-27-24-21-18-19-22-25-28-35-42-49-62(2)3)60-85-89(77,78)83-56-65(72)57-84-90(79,80)86-61-67(88-71(76)55-48-41-34-32-37-44-51-64(6)7)59-82-69(74)53-46-39-33-31-36-43-50-63(4)5/h62-67,72H,8-61H2,1-7H3,(H,77,78)(H,79,80)/t65-,66-,67-/m1/s1. The molecular formula is C71H138O17P2. The second-order valence-electron chi connectivity index (χ2n) is 27.1. The van der Waals surface area contributed by atoms with Gasteiger partial charge < -0.3 is 33.8 Å². The van der Waals surface area contributed by atoms with Gasteiger partial charge in [0.05, 0.1) is 26.4 Å². The van der Waals surface area contributed by atoms with Gasteiger partial charge in [-0.25, -0.2) is 9.13 Å². The van der Waals surface area contributed by atoms with Crippen LogP contribution in [0.1, 0.15) is 357 Å². The van der Waals surface area contributed by atoms with Crippen molar-refractivity contribution in [3.63, 3.8) is 0 Å². The van der Waals surface area contributed by atoms with Gasteiger partial charge in [0.1, 0.15) is 19.3 Å². The number of carbonyl (C=O) groups excluding carboxylic acids is 4. The highest BCUT2D eigenvalue weighted by atomic mass is 31.2. The molecule has 0 rings (SSSR count). The van der Waals surface area contributed by atoms with E-state index in [9.17, 15) is 43.2 Å². The van der Waals surface area contributed by atoms with Crippen LogP contribution in [0.2, 0.25) is 0 Å². The Morgan fingerprint density at radius 3 is 0.756 bits per heavy atom. The summed E-state index contributed by atoms with van der Waals surface area (Å²) in [7, 11) is -9.90. The zero-order chi connectivity index (χ0) is 66.6. The molecule has 19 heteroatoms. The van der Waals surface area contributed by atoms with E-state index >= 15 is 0 Å². The Labute approximate surface area is 549 Å². The molecule has 0 aromatic heterocycles. The van der Waals surface area contributed by atoms with Crippen molar-refractivity contribution < 1.29 is 80.2 Å². The highest BCUT2D eigenvalue weighted by Crippen LogP contribution is 2.45. The molecular weight excluding hydrogens is 1190 g/mol. The van der Waals surface area contributed by atoms with Gasteiger partial charge in [-0.05, 0) is 43.4 Å². The number of unbranched alkanes of at least 4 members (excludes halogenated alkanes) is 37. The van der Waals surface area contributed by atoms with Crippen LogP contribution in [-0.2, 0) is 65.4 Å². The first-order chi connectivity index (χ1) is 43.2. The van der Waals surface area contributed by atoms with Gasteiger partial charge in [-0.15, -0.1) is 0 Å². The van der Waals surface area contributed by atoms with Gasteiger partial charge in [-0.3, -0.25) is 37.3 Å². The van der Waals surface area contributed by atoms with Gasteiger partial charge in [0.15, 0.2) is 12.2 Å². The fourth-order valence-corrected chi connectivity index (χ4v) is 12.3. The molecule has 534 valence electrons. The second-order valence-corrected chi connectivity index (χ2v) is 30.0. The van der Waals surface area contributed by atoms with E-state index in [1.54, 1.807) is 0 Å². The Bertz CT molecular complexity index is 1770. The molecule has 0 amide bonds. The van der Waals surface area contributed by atoms with Crippen LogP contribution in [0.3, 0.4) is 0 Å². The van der Waals surface area contributed by atoms with Crippen molar-refractivity contribution in [2.75, 3.05) is 39.6 Å². The van der Waals surface area contributed by atoms with Gasteiger partial charge >= 0.3 is 39.5 Å². The predicted octanol–water partition coefficient (Wildman–Crippen LogP) is 20.2. The molecule has 0 aromatic rings. The fraction of sp³-hybridized carbons (Fsp3) is 0.944. The van der Waals surface area contributed by atoms with Crippen molar-refractivity contribution in [1.29, 1.82) is 0 Å². The Hall–Kier alpha value is -1.94. The summed E-state index contributed by atoms with van der Waals surface area (Å²) in [5.41, 5.74) is 0. The maximum absolute atomic E-state index is 13.0. The minimum atomic E-state index is -4.95. The van der Waals surface area contributed by atoms with Crippen LogP contribution in [0.25, 0.3) is 0 Å². The van der Waals surface area contributed by atoms with Gasteiger partial charge in [-0.2, -0.15) is 0 Å². The molecule has 0 heterocycles. The maximum atomic E-state index is 13.0. The average Bonchev–Trinajstić information content (AvgIpc) is 2.98. The quantitative estimate of drug-likeness (QED) is 0.0222. The summed E-state index contributed by atoms with van der Waals surface area (Å²) in [6.45, 7) is 11.7. The zero-order valence-electron chi connectivity index (χ0n) is 58.6. The van der Waals surface area contributed by atoms with Crippen LogP contribution in [0.4, 0.5) is 0 Å². The Morgan fingerprint density at radius 1 is 0.300 bits per heavy atom. The number of aliphatic hydroxyl groups excluding tert-OH is 1. The number of rotatable bonds is 69. The smallest absolute Gasteiger partial charge is 0.462 e. The first-order valence-corrected chi connectivity index (χ1v) is 39.8. The van der Waals surface area contributed by atoms with Crippen molar-refractivity contribution in [3.05, 3.63) is 0 Å². The first-order valence-electron chi connectivity index (χ1n) is 36.8. The second kappa shape index (κ2) is 61.9. The van der Waals surface area contributed by atoms with Gasteiger partial charge in [0, 0.05) is 25.7 Å². The first kappa shape index (κ1) is 88.1. The molecule has 90 heavy (non-hydrogen) atoms. The number of hydrogen-bond acceptors (Lipinski definition) is 15. The summed E-state index contributed by atoms with van der Waals surface area (Å²) in [6.07, 6.45) is 46.2. The summed E-state index contributed by atoms with van der Waals surface area (Å²) >= 11 is 0. The van der Waals surface area contributed by atoms with Crippen molar-refractivity contribution in [3.8, 4) is 0 Å². The molecule has 0 aliphatic rings. The van der Waals surface area contributed by atoms with E-state index in [4.69, 9.17) is 37.0 Å². The number of phosphoric ester groups is 2. The Morgan fingerprint density at radius 2 is 0.511 bits per heavy atom. The number of ether oxygens (including phenoxy) is 4. The van der Waals surface area contributed by atoms with E-state index in [0.717, 1.165) is 102 Å². The lowest BCUT2D eigenvalue weighted by Gasteiger charge is -2.21. The number of hydrogen-bond donors (Lipinski definition) is 3. The van der Waals surface area contributed by atoms with Crippen LogP contribution in [-0.4, -0.2) is 96.7 Å². The van der Waals surface area contributed by atoms with Gasteiger partial charge in [-0.1, -0.05) is 305 Å². The van der Waals surface area contributed by atoms with E-state index < -0.39 is 97.5 Å². The van der Waals surface area contributed by atoms with E-state index in [1.807, 2.05) is 0 Å². The zero-order valence-corrected chi connectivity index (χ0v) is 60.4. The normalized spacial score (nSPS) is 14.2. The Kier molecular flexibility index (Phi) is 60.6. The number of esters is 4. The molecule has 0 aliphatic carbocycles. The van der Waals surface area contributed by atoms with Crippen LogP contribution < -0.4 is 0 Å². The number of phosphoric acid groups is 2. The minimum absolute atomic E-state index is 0.101. The molecule has 0 saturated heterocycles. The molecule has 17 nitrogen and oxygen atoms in total. The van der Waals surface area contributed by atoms with Crippen LogP contribution in [0.15, 0.2) is 0 Å². The van der Waals surface area contributed by atoms with Gasteiger partial charge in [0.25, 0.3) is 0 Å². The van der Waals surface area contributed by atoms with Crippen LogP contribution in [0.5, 0.6) is 0 Å². The molecule has 0 spiro atoms. The molecule has 3 N–H and O–H groups in total. The summed E-state index contributed by atoms with van der Waals surface area (Å²) in [4.78, 5) is 72.5. The third-order valence-electron chi connectivity index (χ3n) is 16.4. The lowest BCUT2D eigenvalue weighted by atomic mass is 10.0. The van der Waals surface area contributed by atoms with Crippen LogP contribution in [0, 0.1) is 17.8 Å². The molecule has 0 fully saturated rings. The number of aliphatic hydroxyl groups is 1. The third-order valence-corrected chi connectivity index (χ3v) is 18.3. The molecule has 0 aromatic carbocycles. The molecule has 0 radical (unpaired) electrons. The summed E-state index contributed by atoms with van der Waals surface area (Å²) in [6, 6.07) is 0. The van der Waals surface area contributed by atoms with E-state index in [1.165, 1.54) is 161 Å². The van der Waals surface area contributed by atoms with E-state index in [0.29, 0.717) is 37.5 Å². The predicted molar refractivity (Wildman–Crippen MR) is 363 cm³/mol. The summed E-state index contributed by atoms with van der Waals surface area (Å²) in [5.74, 6) is 0.00453. The molecule has 0 aliphatic heterocycles. The molecule has 0 bridgehead atoms. The van der Waals surface area contributed by atoms with Crippen molar-refractivity contribution in [1.82, 2.24) is 0 Å². The monoisotopic (exact) mass is 1320 g/mol.